The number of amides is 1. The summed E-state index contributed by atoms with van der Waals surface area (Å²) in [6.07, 6.45) is 5.23. The molecule has 0 radical (unpaired) electrons. The molecule has 3 rings (SSSR count). The first kappa shape index (κ1) is 19.4. The maximum absolute atomic E-state index is 14.0. The first-order chi connectivity index (χ1) is 13.5. The van der Waals surface area contributed by atoms with E-state index in [1.54, 1.807) is 19.5 Å². The molecular formula is C22H22FN3O2. The lowest BCUT2D eigenvalue weighted by molar-refractivity contribution is -0.118. The Balaban J connectivity index is 1.64. The molecule has 28 heavy (non-hydrogen) atoms. The zero-order valence-corrected chi connectivity index (χ0v) is 15.8. The van der Waals surface area contributed by atoms with Crippen LogP contribution in [0.25, 0.3) is 11.8 Å². The predicted octanol–water partition coefficient (Wildman–Crippen LogP) is 3.86. The summed E-state index contributed by atoms with van der Waals surface area (Å²) in [5, 5.41) is 2.33. The van der Waals surface area contributed by atoms with Gasteiger partial charge in [-0.2, -0.15) is 0 Å². The molecule has 0 aliphatic rings. The molecule has 2 aromatic carbocycles. The highest BCUT2D eigenvalue weighted by atomic mass is 19.1. The summed E-state index contributed by atoms with van der Waals surface area (Å²) in [5.41, 5.74) is 3.34. The number of halogens is 1. The van der Waals surface area contributed by atoms with Crippen molar-refractivity contribution in [2.24, 2.45) is 0 Å². The number of hydrogen-bond acceptors (Lipinski definition) is 3. The minimum absolute atomic E-state index is 0.132. The molecule has 0 bridgehead atoms. The van der Waals surface area contributed by atoms with Gasteiger partial charge in [0.1, 0.15) is 5.75 Å². The van der Waals surface area contributed by atoms with Crippen molar-refractivity contribution in [1.82, 2.24) is 14.9 Å². The molecule has 0 aliphatic heterocycles. The van der Waals surface area contributed by atoms with Crippen molar-refractivity contribution in [3.63, 3.8) is 0 Å². The Morgan fingerprint density at radius 2 is 2.07 bits per heavy atom. The van der Waals surface area contributed by atoms with E-state index < -0.39 is 12.2 Å². The number of nitrogens with zero attached hydrogens (tertiary/aromatic N) is 2. The van der Waals surface area contributed by atoms with Gasteiger partial charge in [0, 0.05) is 18.7 Å². The van der Waals surface area contributed by atoms with E-state index in [0.717, 1.165) is 22.5 Å². The van der Waals surface area contributed by atoms with Crippen LogP contribution in [-0.2, 0) is 11.2 Å². The fourth-order valence-electron chi connectivity index (χ4n) is 2.81. The van der Waals surface area contributed by atoms with Crippen molar-refractivity contribution in [3.8, 4) is 11.4 Å². The van der Waals surface area contributed by atoms with E-state index in [-0.39, 0.29) is 6.42 Å². The third kappa shape index (κ3) is 5.07. The van der Waals surface area contributed by atoms with Crippen molar-refractivity contribution >= 4 is 12.0 Å². The standard InChI is InChI=1S/C22H22FN3O2/c1-16-14-26(15-24-16)19-10-8-18(12-20(19)28-2)9-11-22(27)25-21(23)13-17-6-4-3-5-7-17/h3-12,14-15,21H,13H2,1-2H3,(H,25,27)/b11-9+/t21-/m1/s1. The molecular weight excluding hydrogens is 357 g/mol. The number of hydrogen-bond donors (Lipinski definition) is 1. The normalized spacial score (nSPS) is 12.1. The summed E-state index contributed by atoms with van der Waals surface area (Å²) < 4.78 is 21.3. The van der Waals surface area contributed by atoms with Crippen LogP contribution in [0.1, 0.15) is 16.8 Å². The second kappa shape index (κ2) is 8.99. The summed E-state index contributed by atoms with van der Waals surface area (Å²) in [6.45, 7) is 1.91. The van der Waals surface area contributed by atoms with Crippen LogP contribution >= 0.6 is 0 Å². The van der Waals surface area contributed by atoms with E-state index in [0.29, 0.717) is 5.75 Å². The molecule has 0 unspecified atom stereocenters. The van der Waals surface area contributed by atoms with Crippen molar-refractivity contribution < 1.29 is 13.9 Å². The van der Waals surface area contributed by atoms with Gasteiger partial charge in [-0.25, -0.2) is 9.37 Å². The minimum Gasteiger partial charge on any atom is -0.495 e. The lowest BCUT2D eigenvalue weighted by Gasteiger charge is -2.10. The molecule has 5 nitrogen and oxygen atoms in total. The third-order valence-corrected chi connectivity index (χ3v) is 4.18. The number of imidazole rings is 1. The Hall–Kier alpha value is -3.41. The number of nitrogens with one attached hydrogen (secondary N) is 1. The monoisotopic (exact) mass is 379 g/mol. The molecule has 0 fully saturated rings. The average Bonchev–Trinajstić information content (AvgIpc) is 3.13. The second-order valence-corrected chi connectivity index (χ2v) is 6.35. The van der Waals surface area contributed by atoms with Crippen LogP contribution in [0.5, 0.6) is 5.75 Å². The number of aryl methyl sites for hydroxylation is 1. The Kier molecular flexibility index (Phi) is 6.22. The highest BCUT2D eigenvalue weighted by Crippen LogP contribution is 2.25. The van der Waals surface area contributed by atoms with Gasteiger partial charge in [-0.05, 0) is 36.3 Å². The van der Waals surface area contributed by atoms with E-state index in [2.05, 4.69) is 10.3 Å². The van der Waals surface area contributed by atoms with Crippen LogP contribution in [-0.4, -0.2) is 28.9 Å². The first-order valence-corrected chi connectivity index (χ1v) is 8.91. The molecule has 0 saturated carbocycles. The van der Waals surface area contributed by atoms with E-state index in [4.69, 9.17) is 4.74 Å². The number of carbonyl (C=O) groups is 1. The van der Waals surface area contributed by atoms with Crippen LogP contribution in [0.4, 0.5) is 4.39 Å². The topological polar surface area (TPSA) is 56.1 Å². The lowest BCUT2D eigenvalue weighted by Crippen LogP contribution is -2.31. The molecule has 1 atom stereocenters. The number of benzene rings is 2. The van der Waals surface area contributed by atoms with E-state index in [9.17, 15) is 9.18 Å². The van der Waals surface area contributed by atoms with Gasteiger partial charge in [0.05, 0.1) is 24.8 Å². The number of carbonyl (C=O) groups excluding carboxylic acids is 1. The number of ether oxygens (including phenoxy) is 1. The molecule has 1 heterocycles. The Morgan fingerprint density at radius 1 is 1.29 bits per heavy atom. The highest BCUT2D eigenvalue weighted by molar-refractivity contribution is 5.91. The molecule has 0 saturated heterocycles. The molecule has 0 aliphatic carbocycles. The molecule has 6 heteroatoms. The fourth-order valence-corrected chi connectivity index (χ4v) is 2.81. The van der Waals surface area contributed by atoms with Crippen LogP contribution in [0.3, 0.4) is 0 Å². The summed E-state index contributed by atoms with van der Waals surface area (Å²) in [4.78, 5) is 16.2. The molecule has 1 N–H and O–H groups in total. The highest BCUT2D eigenvalue weighted by Gasteiger charge is 2.10. The predicted molar refractivity (Wildman–Crippen MR) is 107 cm³/mol. The van der Waals surface area contributed by atoms with Gasteiger partial charge in [-0.1, -0.05) is 36.4 Å². The fraction of sp³-hybridized carbons (Fsp3) is 0.182. The summed E-state index contributed by atoms with van der Waals surface area (Å²) in [5.74, 6) is 0.157. The third-order valence-electron chi connectivity index (χ3n) is 4.18. The van der Waals surface area contributed by atoms with Gasteiger partial charge >= 0.3 is 0 Å². The Labute approximate surface area is 163 Å². The first-order valence-electron chi connectivity index (χ1n) is 8.91. The van der Waals surface area contributed by atoms with Crippen LogP contribution in [0, 0.1) is 6.92 Å². The largest absolute Gasteiger partial charge is 0.495 e. The Morgan fingerprint density at radius 3 is 2.75 bits per heavy atom. The SMILES string of the molecule is COc1cc(/C=C/C(=O)N[C@@H](F)Cc2ccccc2)ccc1-n1cnc(C)c1. The quantitative estimate of drug-likeness (QED) is 0.501. The van der Waals surface area contributed by atoms with Crippen LogP contribution < -0.4 is 10.1 Å². The number of alkyl halides is 1. The molecule has 1 aromatic heterocycles. The molecule has 1 amide bonds. The number of methoxy groups -OCH3 is 1. The van der Waals surface area contributed by atoms with Gasteiger partial charge in [-0.3, -0.25) is 4.79 Å². The Bertz CT molecular complexity index is 967. The van der Waals surface area contributed by atoms with Gasteiger partial charge < -0.3 is 14.6 Å². The molecule has 3 aromatic rings. The van der Waals surface area contributed by atoms with Gasteiger partial charge in [0.15, 0.2) is 6.30 Å². The van der Waals surface area contributed by atoms with Crippen LogP contribution in [0.15, 0.2) is 67.1 Å². The van der Waals surface area contributed by atoms with Gasteiger partial charge in [-0.15, -0.1) is 0 Å². The van der Waals surface area contributed by atoms with Crippen molar-refractivity contribution in [1.29, 1.82) is 0 Å². The summed E-state index contributed by atoms with van der Waals surface area (Å²) in [6, 6.07) is 14.7. The minimum atomic E-state index is -1.44. The summed E-state index contributed by atoms with van der Waals surface area (Å²) in [7, 11) is 1.58. The summed E-state index contributed by atoms with van der Waals surface area (Å²) >= 11 is 0. The number of aromatic nitrogens is 2. The zero-order valence-electron chi connectivity index (χ0n) is 15.8. The maximum atomic E-state index is 14.0. The molecule has 0 spiro atoms. The zero-order chi connectivity index (χ0) is 19.9. The smallest absolute Gasteiger partial charge is 0.246 e. The van der Waals surface area contributed by atoms with E-state index in [1.165, 1.54) is 6.08 Å². The van der Waals surface area contributed by atoms with Crippen molar-refractivity contribution in [3.05, 3.63) is 84.0 Å². The van der Waals surface area contributed by atoms with E-state index in [1.807, 2.05) is 66.2 Å². The maximum Gasteiger partial charge on any atom is 0.246 e. The van der Waals surface area contributed by atoms with Crippen LogP contribution in [0.2, 0.25) is 0 Å². The number of rotatable bonds is 7. The second-order valence-electron chi connectivity index (χ2n) is 6.35. The lowest BCUT2D eigenvalue weighted by atomic mass is 10.1. The molecule has 144 valence electrons. The van der Waals surface area contributed by atoms with Gasteiger partial charge in [0.2, 0.25) is 5.91 Å². The van der Waals surface area contributed by atoms with Gasteiger partial charge in [0.25, 0.3) is 0 Å². The van der Waals surface area contributed by atoms with E-state index >= 15 is 0 Å². The average molecular weight is 379 g/mol. The van der Waals surface area contributed by atoms with Crippen molar-refractivity contribution in [2.45, 2.75) is 19.6 Å². The van der Waals surface area contributed by atoms with Crippen molar-refractivity contribution in [2.75, 3.05) is 7.11 Å².